The number of carbonyl (C=O) groups is 1. The minimum atomic E-state index is -0.833. The number of carbonyl (C=O) groups excluding carboxylic acids is 1. The second kappa shape index (κ2) is 9.01. The van der Waals surface area contributed by atoms with Crippen molar-refractivity contribution >= 4 is 23.2 Å². The summed E-state index contributed by atoms with van der Waals surface area (Å²) in [5.74, 6) is 0.462. The van der Waals surface area contributed by atoms with Gasteiger partial charge in [0.05, 0.1) is 11.6 Å². The lowest BCUT2D eigenvalue weighted by molar-refractivity contribution is -0.139. The van der Waals surface area contributed by atoms with Crippen molar-refractivity contribution in [2.45, 2.75) is 52.6 Å². The fourth-order valence-corrected chi connectivity index (χ4v) is 2.06. The first-order valence-corrected chi connectivity index (χ1v) is 8.22. The molecule has 0 heterocycles. The number of halogens is 1. The Morgan fingerprint density at radius 1 is 1.23 bits per heavy atom. The molecule has 0 saturated carbocycles. The van der Waals surface area contributed by atoms with E-state index in [0.717, 1.165) is 12.8 Å². The fraction of sp³-hybridized carbons (Fsp3) is 0.588. The SMILES string of the molecule is CCCOc1ccc(NC(=O)C(C)(CC)OCCC)cc1Cl. The molecule has 4 nitrogen and oxygen atoms in total. The van der Waals surface area contributed by atoms with Gasteiger partial charge in [0.2, 0.25) is 0 Å². The van der Waals surface area contributed by atoms with E-state index in [9.17, 15) is 4.79 Å². The van der Waals surface area contributed by atoms with Crippen molar-refractivity contribution in [3.8, 4) is 5.75 Å². The molecular weight excluding hydrogens is 302 g/mol. The summed E-state index contributed by atoms with van der Waals surface area (Å²) in [6.45, 7) is 8.96. The monoisotopic (exact) mass is 327 g/mol. The quantitative estimate of drug-likeness (QED) is 0.717. The summed E-state index contributed by atoms with van der Waals surface area (Å²) in [6, 6.07) is 5.24. The summed E-state index contributed by atoms with van der Waals surface area (Å²) in [7, 11) is 0. The number of hydrogen-bond donors (Lipinski definition) is 1. The Kier molecular flexibility index (Phi) is 7.69. The molecule has 0 aromatic heterocycles. The average Bonchev–Trinajstić information content (AvgIpc) is 2.51. The molecule has 1 aromatic carbocycles. The number of anilines is 1. The van der Waals surface area contributed by atoms with E-state index in [0.29, 0.717) is 36.1 Å². The van der Waals surface area contributed by atoms with Gasteiger partial charge in [-0.1, -0.05) is 32.4 Å². The van der Waals surface area contributed by atoms with Crippen LogP contribution in [-0.4, -0.2) is 24.7 Å². The molecule has 1 rings (SSSR count). The number of ether oxygens (including phenoxy) is 2. The Bertz CT molecular complexity index is 493. The lowest BCUT2D eigenvalue weighted by Gasteiger charge is -2.27. The maximum Gasteiger partial charge on any atom is 0.256 e. The maximum absolute atomic E-state index is 12.4. The van der Waals surface area contributed by atoms with E-state index in [1.807, 2.05) is 20.8 Å². The first-order chi connectivity index (χ1) is 10.5. The molecule has 0 fully saturated rings. The van der Waals surface area contributed by atoms with Crippen LogP contribution >= 0.6 is 11.6 Å². The molecule has 1 unspecified atom stereocenters. The smallest absolute Gasteiger partial charge is 0.256 e. The van der Waals surface area contributed by atoms with E-state index in [1.165, 1.54) is 0 Å². The minimum Gasteiger partial charge on any atom is -0.492 e. The Morgan fingerprint density at radius 3 is 2.45 bits per heavy atom. The van der Waals surface area contributed by atoms with Crippen LogP contribution < -0.4 is 10.1 Å². The summed E-state index contributed by atoms with van der Waals surface area (Å²) >= 11 is 6.17. The van der Waals surface area contributed by atoms with Gasteiger partial charge in [-0.3, -0.25) is 4.79 Å². The molecule has 0 saturated heterocycles. The topological polar surface area (TPSA) is 47.6 Å². The van der Waals surface area contributed by atoms with E-state index in [4.69, 9.17) is 21.1 Å². The molecule has 1 amide bonds. The van der Waals surface area contributed by atoms with Gasteiger partial charge in [0.1, 0.15) is 11.4 Å². The second-order valence-corrected chi connectivity index (χ2v) is 5.79. The molecule has 124 valence electrons. The van der Waals surface area contributed by atoms with Gasteiger partial charge in [0.15, 0.2) is 0 Å². The van der Waals surface area contributed by atoms with Crippen molar-refractivity contribution in [1.29, 1.82) is 0 Å². The zero-order chi connectivity index (χ0) is 16.6. The highest BCUT2D eigenvalue weighted by Gasteiger charge is 2.32. The van der Waals surface area contributed by atoms with E-state index >= 15 is 0 Å². The Morgan fingerprint density at radius 2 is 1.91 bits per heavy atom. The third-order valence-corrected chi connectivity index (χ3v) is 3.73. The molecule has 0 bridgehead atoms. The zero-order valence-electron chi connectivity index (χ0n) is 13.9. The Balaban J connectivity index is 2.76. The number of amides is 1. The van der Waals surface area contributed by atoms with Gasteiger partial charge in [0, 0.05) is 12.3 Å². The molecule has 0 radical (unpaired) electrons. The van der Waals surface area contributed by atoms with Crippen LogP contribution in [-0.2, 0) is 9.53 Å². The minimum absolute atomic E-state index is 0.165. The fourth-order valence-electron chi connectivity index (χ4n) is 1.83. The predicted octanol–water partition coefficient (Wildman–Crippen LogP) is 4.66. The van der Waals surface area contributed by atoms with E-state index < -0.39 is 5.60 Å². The maximum atomic E-state index is 12.4. The van der Waals surface area contributed by atoms with Crippen LogP contribution in [0, 0.1) is 0 Å². The van der Waals surface area contributed by atoms with Gasteiger partial charge in [-0.05, 0) is 44.4 Å². The van der Waals surface area contributed by atoms with Crippen LogP contribution in [0.1, 0.15) is 47.0 Å². The second-order valence-electron chi connectivity index (χ2n) is 5.38. The summed E-state index contributed by atoms with van der Waals surface area (Å²) in [6.07, 6.45) is 2.39. The summed E-state index contributed by atoms with van der Waals surface area (Å²) in [5, 5.41) is 3.35. The third-order valence-electron chi connectivity index (χ3n) is 3.43. The Labute approximate surface area is 138 Å². The van der Waals surface area contributed by atoms with Crippen LogP contribution in [0.25, 0.3) is 0 Å². The van der Waals surface area contributed by atoms with Crippen LogP contribution in [0.4, 0.5) is 5.69 Å². The number of nitrogens with one attached hydrogen (secondary N) is 1. The highest BCUT2D eigenvalue weighted by atomic mass is 35.5. The number of rotatable bonds is 9. The normalized spacial score (nSPS) is 13.5. The van der Waals surface area contributed by atoms with Crippen LogP contribution in [0.15, 0.2) is 18.2 Å². The van der Waals surface area contributed by atoms with Gasteiger partial charge in [-0.15, -0.1) is 0 Å². The molecule has 0 aliphatic heterocycles. The van der Waals surface area contributed by atoms with Crippen molar-refractivity contribution in [1.82, 2.24) is 0 Å². The largest absolute Gasteiger partial charge is 0.492 e. The molecular formula is C17H26ClNO3. The highest BCUT2D eigenvalue weighted by molar-refractivity contribution is 6.32. The van der Waals surface area contributed by atoms with Gasteiger partial charge in [-0.2, -0.15) is 0 Å². The molecule has 22 heavy (non-hydrogen) atoms. The highest BCUT2D eigenvalue weighted by Crippen LogP contribution is 2.28. The number of benzene rings is 1. The first kappa shape index (κ1) is 18.8. The van der Waals surface area contributed by atoms with Gasteiger partial charge in [-0.25, -0.2) is 0 Å². The van der Waals surface area contributed by atoms with Crippen molar-refractivity contribution in [2.24, 2.45) is 0 Å². The summed E-state index contributed by atoms with van der Waals surface area (Å²) < 4.78 is 11.2. The van der Waals surface area contributed by atoms with Crippen molar-refractivity contribution in [2.75, 3.05) is 18.5 Å². The lowest BCUT2D eigenvalue weighted by Crippen LogP contribution is -2.42. The lowest BCUT2D eigenvalue weighted by atomic mass is 10.0. The molecule has 1 aromatic rings. The molecule has 5 heteroatoms. The summed E-state index contributed by atoms with van der Waals surface area (Å²) in [4.78, 5) is 12.4. The van der Waals surface area contributed by atoms with E-state index in [-0.39, 0.29) is 5.91 Å². The average molecular weight is 328 g/mol. The van der Waals surface area contributed by atoms with Crippen molar-refractivity contribution < 1.29 is 14.3 Å². The number of hydrogen-bond acceptors (Lipinski definition) is 3. The van der Waals surface area contributed by atoms with E-state index in [1.54, 1.807) is 25.1 Å². The molecule has 0 aliphatic carbocycles. The van der Waals surface area contributed by atoms with Crippen LogP contribution in [0.5, 0.6) is 5.75 Å². The van der Waals surface area contributed by atoms with Gasteiger partial charge in [0.25, 0.3) is 5.91 Å². The van der Waals surface area contributed by atoms with Crippen LogP contribution in [0.3, 0.4) is 0 Å². The van der Waals surface area contributed by atoms with Gasteiger partial charge >= 0.3 is 0 Å². The van der Waals surface area contributed by atoms with Crippen molar-refractivity contribution in [3.63, 3.8) is 0 Å². The first-order valence-electron chi connectivity index (χ1n) is 7.84. The van der Waals surface area contributed by atoms with Gasteiger partial charge < -0.3 is 14.8 Å². The standard InChI is InChI=1S/C17H26ClNO3/c1-5-10-21-15-9-8-13(12-14(15)18)19-16(20)17(4,7-3)22-11-6-2/h8-9,12H,5-7,10-11H2,1-4H3,(H,19,20). The van der Waals surface area contributed by atoms with E-state index in [2.05, 4.69) is 5.32 Å². The third kappa shape index (κ3) is 5.18. The molecule has 0 spiro atoms. The zero-order valence-corrected chi connectivity index (χ0v) is 14.6. The molecule has 0 aliphatic rings. The summed E-state index contributed by atoms with van der Waals surface area (Å²) in [5.41, 5.74) is -0.196. The van der Waals surface area contributed by atoms with Crippen molar-refractivity contribution in [3.05, 3.63) is 23.2 Å². The predicted molar refractivity (Wildman–Crippen MR) is 90.8 cm³/mol. The van der Waals surface area contributed by atoms with Crippen LogP contribution in [0.2, 0.25) is 5.02 Å². The molecule has 1 N–H and O–H groups in total. The molecule has 1 atom stereocenters. The Hall–Kier alpha value is -1.26.